The smallest absolute Gasteiger partial charge is 0.253 e. The van der Waals surface area contributed by atoms with Gasteiger partial charge in [0.05, 0.1) is 12.5 Å². The van der Waals surface area contributed by atoms with Gasteiger partial charge in [-0.15, -0.1) is 0 Å². The number of carbonyl (C=O) groups excluding carboxylic acids is 2. The number of para-hydroxylation sites is 1. The summed E-state index contributed by atoms with van der Waals surface area (Å²) in [5, 5.41) is 11.5. The molecule has 3 N–H and O–H groups in total. The van der Waals surface area contributed by atoms with Crippen LogP contribution in [0.4, 0.5) is 0 Å². The predicted octanol–water partition coefficient (Wildman–Crippen LogP) is 0.264. The van der Waals surface area contributed by atoms with Crippen molar-refractivity contribution in [1.82, 2.24) is 10.8 Å². The molecule has 1 aliphatic rings. The summed E-state index contributed by atoms with van der Waals surface area (Å²) in [7, 11) is 0. The topological polar surface area (TPSA) is 87.7 Å². The van der Waals surface area contributed by atoms with Crippen LogP contribution in [0.25, 0.3) is 0 Å². The maximum absolute atomic E-state index is 11.5. The zero-order valence-corrected chi connectivity index (χ0v) is 10.1. The number of carbonyl (C=O) groups is 1. The van der Waals surface area contributed by atoms with Crippen molar-refractivity contribution in [2.75, 3.05) is 6.54 Å². The molecule has 19 heavy (non-hydrogen) atoms. The number of hydrogen-bond acceptors (Lipinski definition) is 5. The molecule has 1 aliphatic heterocycles. The van der Waals surface area contributed by atoms with Gasteiger partial charge in [0.1, 0.15) is 23.5 Å². The highest BCUT2D eigenvalue weighted by Crippen LogP contribution is 2.22. The number of nitrogens with one attached hydrogen (secondary N) is 2. The largest absolute Gasteiger partial charge is 0.489 e. The molecule has 6 heteroatoms. The molecule has 1 aromatic rings. The average Bonchev–Trinajstić information content (AvgIpc) is 2.47. The van der Waals surface area contributed by atoms with Gasteiger partial charge in [-0.3, -0.25) is 10.0 Å². The van der Waals surface area contributed by atoms with Crippen molar-refractivity contribution in [3.05, 3.63) is 36.0 Å². The predicted molar refractivity (Wildman–Crippen MR) is 66.1 cm³/mol. The first-order chi connectivity index (χ1) is 9.24. The summed E-state index contributed by atoms with van der Waals surface area (Å²) in [4.78, 5) is 22.2. The van der Waals surface area contributed by atoms with E-state index in [0.29, 0.717) is 18.7 Å². The minimum atomic E-state index is -0.773. The van der Waals surface area contributed by atoms with Gasteiger partial charge in [0, 0.05) is 6.42 Å². The molecular weight excluding hydrogens is 248 g/mol. The van der Waals surface area contributed by atoms with E-state index in [-0.39, 0.29) is 11.8 Å². The molecule has 0 spiro atoms. The van der Waals surface area contributed by atoms with Gasteiger partial charge in [0.15, 0.2) is 0 Å². The number of benzene rings is 1. The molecule has 0 bridgehead atoms. The van der Waals surface area contributed by atoms with Crippen LogP contribution in [-0.2, 0) is 9.59 Å². The standard InChI is InChI=1S/C13H14N2O4/c16-8-12-11(13(17)15-18)6-10(7-14-12)19-9-4-2-1-3-5-9/h1-5,10-11,14,18H,6-7H2,(H,15,17). The maximum atomic E-state index is 11.5. The van der Waals surface area contributed by atoms with Crippen molar-refractivity contribution < 1.29 is 19.5 Å². The number of amides is 1. The van der Waals surface area contributed by atoms with E-state index in [4.69, 9.17) is 9.94 Å². The first-order valence-electron chi connectivity index (χ1n) is 5.89. The van der Waals surface area contributed by atoms with Gasteiger partial charge in [-0.05, 0) is 12.1 Å². The molecule has 2 rings (SSSR count). The Bertz CT molecular complexity index is 497. The van der Waals surface area contributed by atoms with Gasteiger partial charge in [-0.1, -0.05) is 18.2 Å². The Morgan fingerprint density at radius 1 is 1.42 bits per heavy atom. The number of ether oxygens (including phenoxy) is 1. The van der Waals surface area contributed by atoms with Crippen LogP contribution < -0.4 is 15.5 Å². The van der Waals surface area contributed by atoms with E-state index < -0.39 is 11.8 Å². The van der Waals surface area contributed by atoms with E-state index in [1.165, 1.54) is 0 Å². The lowest BCUT2D eigenvalue weighted by atomic mass is 9.93. The first-order valence-corrected chi connectivity index (χ1v) is 5.89. The maximum Gasteiger partial charge on any atom is 0.253 e. The van der Waals surface area contributed by atoms with E-state index >= 15 is 0 Å². The summed E-state index contributed by atoms with van der Waals surface area (Å²) >= 11 is 0. The summed E-state index contributed by atoms with van der Waals surface area (Å²) in [6.07, 6.45) is 0.0422. The first kappa shape index (κ1) is 13.1. The van der Waals surface area contributed by atoms with Crippen LogP contribution >= 0.6 is 0 Å². The fourth-order valence-corrected chi connectivity index (χ4v) is 2.02. The fraction of sp³-hybridized carbons (Fsp3) is 0.308. The van der Waals surface area contributed by atoms with E-state index in [0.717, 1.165) is 0 Å². The molecular formula is C13H14N2O4. The normalized spacial score (nSPS) is 22.1. The molecule has 0 saturated carbocycles. The number of hydroxylamine groups is 1. The third-order valence-corrected chi connectivity index (χ3v) is 2.95. The van der Waals surface area contributed by atoms with Crippen LogP contribution in [0, 0.1) is 5.92 Å². The number of hydrogen-bond donors (Lipinski definition) is 3. The van der Waals surface area contributed by atoms with Crippen molar-refractivity contribution in [3.63, 3.8) is 0 Å². The van der Waals surface area contributed by atoms with Gasteiger partial charge < -0.3 is 10.1 Å². The Balaban J connectivity index is 2.06. The fourth-order valence-electron chi connectivity index (χ4n) is 2.02. The second kappa shape index (κ2) is 6.04. The van der Waals surface area contributed by atoms with Crippen LogP contribution in [0.1, 0.15) is 6.42 Å². The number of piperidine rings is 1. The van der Waals surface area contributed by atoms with Gasteiger partial charge in [0.25, 0.3) is 5.91 Å². The molecule has 1 saturated heterocycles. The second-order valence-corrected chi connectivity index (χ2v) is 4.21. The molecule has 0 aliphatic carbocycles. The van der Waals surface area contributed by atoms with Crippen LogP contribution in [0.2, 0.25) is 0 Å². The molecule has 2 atom stereocenters. The average molecular weight is 262 g/mol. The van der Waals surface area contributed by atoms with Crippen molar-refractivity contribution >= 4 is 11.8 Å². The summed E-state index contributed by atoms with van der Waals surface area (Å²) in [5.41, 5.74) is 1.69. The second-order valence-electron chi connectivity index (χ2n) is 4.21. The van der Waals surface area contributed by atoms with Gasteiger partial charge >= 0.3 is 0 Å². The highest BCUT2D eigenvalue weighted by molar-refractivity contribution is 5.83. The molecule has 2 unspecified atom stereocenters. The molecule has 1 fully saturated rings. The molecule has 6 nitrogen and oxygen atoms in total. The van der Waals surface area contributed by atoms with Crippen LogP contribution in [0.15, 0.2) is 36.0 Å². The summed E-state index contributed by atoms with van der Waals surface area (Å²) in [6.45, 7) is 0.411. The Labute approximate surface area is 110 Å². The zero-order valence-electron chi connectivity index (χ0n) is 10.1. The Kier molecular flexibility index (Phi) is 4.18. The Hall–Kier alpha value is -2.30. The third kappa shape index (κ3) is 3.13. The van der Waals surface area contributed by atoms with E-state index in [2.05, 4.69) is 5.32 Å². The SMILES string of the molecule is O=C=C1NCC(Oc2ccccc2)CC1C(=O)NO. The quantitative estimate of drug-likeness (QED) is 0.413. The minimum Gasteiger partial charge on any atom is -0.489 e. The Morgan fingerprint density at radius 2 is 2.16 bits per heavy atom. The lowest BCUT2D eigenvalue weighted by molar-refractivity contribution is -0.133. The van der Waals surface area contributed by atoms with Crippen LogP contribution in [-0.4, -0.2) is 29.7 Å². The summed E-state index contributed by atoms with van der Waals surface area (Å²) < 4.78 is 5.71. The molecule has 1 heterocycles. The monoisotopic (exact) mass is 262 g/mol. The van der Waals surface area contributed by atoms with Crippen LogP contribution in [0.5, 0.6) is 5.75 Å². The van der Waals surface area contributed by atoms with E-state index in [1.54, 1.807) is 11.4 Å². The summed E-state index contributed by atoms with van der Waals surface area (Å²) in [5.74, 6) is 0.953. The van der Waals surface area contributed by atoms with Crippen molar-refractivity contribution in [2.24, 2.45) is 5.92 Å². The minimum absolute atomic E-state index is 0.138. The molecule has 1 aromatic carbocycles. The van der Waals surface area contributed by atoms with Crippen molar-refractivity contribution in [1.29, 1.82) is 0 Å². The van der Waals surface area contributed by atoms with Gasteiger partial charge in [-0.2, -0.15) is 0 Å². The van der Waals surface area contributed by atoms with Gasteiger partial charge in [0.2, 0.25) is 0 Å². The molecule has 0 aromatic heterocycles. The molecule has 1 amide bonds. The summed E-state index contributed by atoms with van der Waals surface area (Å²) in [6, 6.07) is 9.19. The number of rotatable bonds is 3. The van der Waals surface area contributed by atoms with E-state index in [9.17, 15) is 9.59 Å². The van der Waals surface area contributed by atoms with E-state index in [1.807, 2.05) is 30.3 Å². The highest BCUT2D eigenvalue weighted by Gasteiger charge is 2.33. The van der Waals surface area contributed by atoms with Crippen LogP contribution in [0.3, 0.4) is 0 Å². The zero-order chi connectivity index (χ0) is 13.7. The van der Waals surface area contributed by atoms with Crippen molar-refractivity contribution in [2.45, 2.75) is 12.5 Å². The van der Waals surface area contributed by atoms with Gasteiger partial charge in [-0.25, -0.2) is 10.3 Å². The Morgan fingerprint density at radius 3 is 2.79 bits per heavy atom. The third-order valence-electron chi connectivity index (χ3n) is 2.95. The molecule has 0 radical (unpaired) electrons. The highest BCUT2D eigenvalue weighted by atomic mass is 16.5. The van der Waals surface area contributed by atoms with Crippen molar-refractivity contribution in [3.8, 4) is 5.75 Å². The molecule has 100 valence electrons. The lowest BCUT2D eigenvalue weighted by Gasteiger charge is -2.30. The lowest BCUT2D eigenvalue weighted by Crippen LogP contribution is -2.46.